The van der Waals surface area contributed by atoms with E-state index in [1.165, 1.54) is 128 Å². The molecule has 0 bridgehead atoms. The molecule has 373 valence electrons. The van der Waals surface area contributed by atoms with E-state index in [-0.39, 0.29) is 0 Å². The van der Waals surface area contributed by atoms with Gasteiger partial charge in [-0.15, -0.1) is 12.6 Å². The molecule has 0 amide bonds. The van der Waals surface area contributed by atoms with E-state index in [1.54, 1.807) is 0 Å². The molecule has 0 saturated carbocycles. The van der Waals surface area contributed by atoms with Crippen LogP contribution in [0.4, 0.5) is 0 Å². The number of hydrogen-bond donors (Lipinski definition) is 1. The maximum absolute atomic E-state index is 5.76. The summed E-state index contributed by atoms with van der Waals surface area (Å²) in [5.74, 6) is 0. The molecule has 0 rings (SSSR count). The molecule has 1 radical (unpaired) electrons. The zero-order valence-electron chi connectivity index (χ0n) is 40.4. The van der Waals surface area contributed by atoms with Gasteiger partial charge in [0.05, 0.1) is 132 Å². The van der Waals surface area contributed by atoms with Gasteiger partial charge in [-0.05, 0) is 19.8 Å². The third kappa shape index (κ3) is 52.5. The monoisotopic (exact) mass is 912 g/mol. The van der Waals surface area contributed by atoms with E-state index in [9.17, 15) is 0 Å². The molecule has 0 aliphatic heterocycles. The molecule has 0 spiro atoms. The van der Waals surface area contributed by atoms with Gasteiger partial charge in [0.1, 0.15) is 0 Å². The maximum atomic E-state index is 5.76. The summed E-state index contributed by atoms with van der Waals surface area (Å²) >= 11 is 4.51. The quantitative estimate of drug-likeness (QED) is 0.0356. The van der Waals surface area contributed by atoms with Crippen molar-refractivity contribution in [3.05, 3.63) is 6.92 Å². The summed E-state index contributed by atoms with van der Waals surface area (Å²) in [6.45, 7) is 20.1. The first-order valence-corrected chi connectivity index (χ1v) is 25.7. The van der Waals surface area contributed by atoms with Gasteiger partial charge < -0.3 is 56.8 Å². The fraction of sp³-hybridized carbons (Fsp3) is 0.980. The molecule has 0 unspecified atom stereocenters. The predicted octanol–water partition coefficient (Wildman–Crippen LogP) is 10.6. The van der Waals surface area contributed by atoms with E-state index in [1.807, 2.05) is 0 Å². The van der Waals surface area contributed by atoms with Crippen molar-refractivity contribution in [2.45, 2.75) is 167 Å². The molecular formula is C49H99O12S. The Bertz CT molecular complexity index is 744. The Balaban J connectivity index is 3.30. The van der Waals surface area contributed by atoms with Crippen LogP contribution in [0, 0.1) is 6.92 Å². The summed E-state index contributed by atoms with van der Waals surface area (Å²) in [5.41, 5.74) is 0. The topological polar surface area (TPSA) is 111 Å². The molecular weight excluding hydrogens is 813 g/mol. The van der Waals surface area contributed by atoms with Crippen molar-refractivity contribution in [3.63, 3.8) is 0 Å². The Morgan fingerprint density at radius 1 is 0.258 bits per heavy atom. The zero-order valence-corrected chi connectivity index (χ0v) is 41.3. The van der Waals surface area contributed by atoms with Crippen LogP contribution in [-0.2, 0) is 56.8 Å². The Hall–Kier alpha value is -0.130. The number of thiol groups is 1. The minimum absolute atomic E-state index is 0.323. The Morgan fingerprint density at radius 3 is 0.645 bits per heavy atom. The smallest absolute Gasteiger partial charge is 0.215 e. The van der Waals surface area contributed by atoms with Gasteiger partial charge in [0.25, 0.3) is 0 Å². The van der Waals surface area contributed by atoms with Crippen LogP contribution in [0.2, 0.25) is 0 Å². The van der Waals surface area contributed by atoms with Crippen LogP contribution in [-0.4, -0.2) is 150 Å². The van der Waals surface area contributed by atoms with Crippen molar-refractivity contribution in [3.8, 4) is 0 Å². The Labute approximate surface area is 387 Å². The average Bonchev–Trinajstić information content (AvgIpc) is 3.28. The van der Waals surface area contributed by atoms with E-state index in [0.29, 0.717) is 139 Å². The highest BCUT2D eigenvalue weighted by Crippen LogP contribution is 2.22. The summed E-state index contributed by atoms with van der Waals surface area (Å²) in [7, 11) is 0. The second-order valence-corrected chi connectivity index (χ2v) is 16.5. The second kappa shape index (κ2) is 55.2. The molecule has 0 aliphatic rings. The van der Waals surface area contributed by atoms with Gasteiger partial charge in [-0.1, -0.05) is 142 Å². The van der Waals surface area contributed by atoms with Gasteiger partial charge >= 0.3 is 0 Å². The molecule has 0 aromatic carbocycles. The maximum Gasteiger partial charge on any atom is 0.215 e. The lowest BCUT2D eigenvalue weighted by Crippen LogP contribution is -2.32. The highest BCUT2D eigenvalue weighted by molar-refractivity contribution is 7.81. The van der Waals surface area contributed by atoms with Crippen LogP contribution >= 0.6 is 12.6 Å². The van der Waals surface area contributed by atoms with Crippen molar-refractivity contribution in [2.75, 3.05) is 145 Å². The second-order valence-electron chi connectivity index (χ2n) is 15.9. The lowest BCUT2D eigenvalue weighted by atomic mass is 10.1. The lowest BCUT2D eigenvalue weighted by Gasteiger charge is -2.27. The summed E-state index contributed by atoms with van der Waals surface area (Å²) in [6.07, 6.45) is 30.0. The minimum Gasteiger partial charge on any atom is -0.379 e. The van der Waals surface area contributed by atoms with Gasteiger partial charge in [-0.3, -0.25) is 0 Å². The highest BCUT2D eigenvalue weighted by Gasteiger charge is 2.24. The van der Waals surface area contributed by atoms with Gasteiger partial charge in [-0.2, -0.15) is 0 Å². The van der Waals surface area contributed by atoms with E-state index in [0.717, 1.165) is 26.1 Å². The molecule has 0 aromatic heterocycles. The third-order valence-corrected chi connectivity index (χ3v) is 10.7. The molecule has 0 fully saturated rings. The lowest BCUT2D eigenvalue weighted by molar-refractivity contribution is -0.182. The number of hydrogen-bond acceptors (Lipinski definition) is 13. The normalized spacial score (nSPS) is 12.0. The molecule has 0 saturated heterocycles. The molecule has 12 nitrogen and oxygen atoms in total. The summed E-state index contributed by atoms with van der Waals surface area (Å²) in [6, 6.07) is 0. The minimum atomic E-state index is -1.10. The number of rotatable bonds is 57. The van der Waals surface area contributed by atoms with Crippen LogP contribution in [0.25, 0.3) is 0 Å². The molecule has 0 N–H and O–H groups in total. The largest absolute Gasteiger partial charge is 0.379 e. The first-order chi connectivity index (χ1) is 30.7. The summed E-state index contributed by atoms with van der Waals surface area (Å²) in [4.78, 5) is 0. The Kier molecular flexibility index (Phi) is 55.1. The number of unbranched alkanes of at least 4 members (excludes halogenated alkanes) is 20. The summed E-state index contributed by atoms with van der Waals surface area (Å²) in [5, 5.41) is -1.10. The average molecular weight is 912 g/mol. The Morgan fingerprint density at radius 2 is 0.435 bits per heavy atom. The van der Waals surface area contributed by atoms with Crippen molar-refractivity contribution in [1.82, 2.24) is 0 Å². The van der Waals surface area contributed by atoms with Crippen LogP contribution < -0.4 is 0 Å². The van der Waals surface area contributed by atoms with E-state index in [2.05, 4.69) is 33.4 Å². The summed E-state index contributed by atoms with van der Waals surface area (Å²) < 4.78 is 67.5. The van der Waals surface area contributed by atoms with Crippen LogP contribution in [0.1, 0.15) is 162 Å². The van der Waals surface area contributed by atoms with Gasteiger partial charge in [0.15, 0.2) is 0 Å². The molecule has 0 heterocycles. The van der Waals surface area contributed by atoms with Gasteiger partial charge in [0.2, 0.25) is 5.12 Å². The zero-order chi connectivity index (χ0) is 44.8. The predicted molar refractivity (Wildman–Crippen MR) is 255 cm³/mol. The fourth-order valence-electron chi connectivity index (χ4n) is 6.41. The van der Waals surface area contributed by atoms with Gasteiger partial charge in [-0.25, -0.2) is 0 Å². The first kappa shape index (κ1) is 61.9. The first-order valence-electron chi connectivity index (χ1n) is 25.3. The van der Waals surface area contributed by atoms with Crippen molar-refractivity contribution < 1.29 is 56.8 Å². The molecule has 0 atom stereocenters. The molecule has 0 aromatic rings. The van der Waals surface area contributed by atoms with E-state index < -0.39 is 5.12 Å². The molecule has 13 heteroatoms. The van der Waals surface area contributed by atoms with Crippen molar-refractivity contribution >= 4 is 12.6 Å². The van der Waals surface area contributed by atoms with E-state index >= 15 is 0 Å². The molecule has 0 aliphatic carbocycles. The van der Waals surface area contributed by atoms with Crippen LogP contribution in [0.3, 0.4) is 0 Å². The fourth-order valence-corrected chi connectivity index (χ4v) is 6.59. The number of ether oxygens (including phenoxy) is 12. The van der Waals surface area contributed by atoms with Crippen LogP contribution in [0.5, 0.6) is 0 Å². The third-order valence-electron chi connectivity index (χ3n) is 10.2. The van der Waals surface area contributed by atoms with Crippen molar-refractivity contribution in [2.24, 2.45) is 0 Å². The molecule has 62 heavy (non-hydrogen) atoms. The standard InChI is InChI=1S/C49H99O12S/c1-4-7-9-11-13-15-17-19-21-23-25-27-50-29-31-52-33-35-54-37-39-56-41-43-58-45-47-60-49(62,6-3)61-48-46-59-44-42-57-40-38-55-36-34-53-32-30-51-28-26-24-22-20-18-16-14-12-10-8-5-2/h62H,3-48H2,1-2H3. The van der Waals surface area contributed by atoms with Crippen molar-refractivity contribution in [1.29, 1.82) is 0 Å². The SMILES string of the molecule is [CH2]CC(S)(OCCOCCOCCOCCOCCOCCCCCCCCCCCCC)OCCOCCOCCOCCOCCOCCCCCCCCCCCCC. The van der Waals surface area contributed by atoms with E-state index in [4.69, 9.17) is 56.8 Å². The van der Waals surface area contributed by atoms with Crippen LogP contribution in [0.15, 0.2) is 0 Å². The van der Waals surface area contributed by atoms with Gasteiger partial charge in [0, 0.05) is 19.6 Å². The highest BCUT2D eigenvalue weighted by atomic mass is 32.1.